The second-order valence-electron chi connectivity index (χ2n) is 7.22. The molecule has 0 radical (unpaired) electrons. The zero-order chi connectivity index (χ0) is 20.5. The van der Waals surface area contributed by atoms with Gasteiger partial charge in [0, 0.05) is 17.3 Å². The van der Waals surface area contributed by atoms with Crippen LogP contribution in [0.3, 0.4) is 0 Å². The Kier molecular flexibility index (Phi) is 4.85. The lowest BCUT2D eigenvalue weighted by Gasteiger charge is -2.13. The predicted octanol–water partition coefficient (Wildman–Crippen LogP) is 1.95. The van der Waals surface area contributed by atoms with Crippen LogP contribution >= 0.6 is 0 Å². The lowest BCUT2D eigenvalue weighted by atomic mass is 10.0. The third-order valence-corrected chi connectivity index (χ3v) is 5.09. The minimum Gasteiger partial charge on any atom is -0.340 e. The minimum atomic E-state index is -0.366. The van der Waals surface area contributed by atoms with Gasteiger partial charge < -0.3 is 4.57 Å². The summed E-state index contributed by atoms with van der Waals surface area (Å²) in [4.78, 5) is 35.2. The van der Waals surface area contributed by atoms with E-state index >= 15 is 0 Å². The molecule has 3 heterocycles. The van der Waals surface area contributed by atoms with Crippen LogP contribution in [0.15, 0.2) is 65.6 Å². The molecule has 0 N–H and O–H groups in total. The fourth-order valence-corrected chi connectivity index (χ4v) is 3.39. The molecule has 0 bridgehead atoms. The van der Waals surface area contributed by atoms with Gasteiger partial charge in [0.05, 0.1) is 23.3 Å². The number of ketones is 1. The monoisotopic (exact) mass is 381 g/mol. The van der Waals surface area contributed by atoms with Gasteiger partial charge >= 0.3 is 0 Å². The molecule has 0 aliphatic carbocycles. The summed E-state index contributed by atoms with van der Waals surface area (Å²) in [5.41, 5.74) is 4.45. The standard InChI is InChI=1S/C23H20BN3O2/c1-14-10-11-19(25-15(14)2)23(29)18-13-27(12-16-6-5-9-21(24)26-16)20-8-4-3-7-17(20)22(18)28/h3-11,13H,12,24H2,1-2H3. The number of pyridine rings is 3. The number of carbonyl (C=O) groups is 1. The Morgan fingerprint density at radius 3 is 2.55 bits per heavy atom. The summed E-state index contributed by atoms with van der Waals surface area (Å²) in [5, 5.41) is 0.509. The Bertz CT molecular complexity index is 1310. The van der Waals surface area contributed by atoms with Crippen LogP contribution in [-0.4, -0.2) is 28.2 Å². The van der Waals surface area contributed by atoms with Gasteiger partial charge in [0.2, 0.25) is 11.2 Å². The third kappa shape index (κ3) is 3.61. The second kappa shape index (κ2) is 7.47. The van der Waals surface area contributed by atoms with Crippen LogP contribution < -0.4 is 11.0 Å². The normalized spacial score (nSPS) is 11.0. The summed E-state index contributed by atoms with van der Waals surface area (Å²) >= 11 is 0. The number of hydrogen-bond donors (Lipinski definition) is 0. The molecule has 4 rings (SSSR count). The van der Waals surface area contributed by atoms with E-state index in [0.29, 0.717) is 11.9 Å². The molecule has 142 valence electrons. The summed E-state index contributed by atoms with van der Waals surface area (Å²) < 4.78 is 1.91. The lowest BCUT2D eigenvalue weighted by Crippen LogP contribution is -2.21. The van der Waals surface area contributed by atoms with Gasteiger partial charge in [-0.25, -0.2) is 4.98 Å². The average molecular weight is 381 g/mol. The molecule has 0 fully saturated rings. The molecule has 0 saturated carbocycles. The Morgan fingerprint density at radius 1 is 1.00 bits per heavy atom. The van der Waals surface area contributed by atoms with E-state index < -0.39 is 0 Å². The Hall–Kier alpha value is -3.54. The van der Waals surface area contributed by atoms with E-state index in [4.69, 9.17) is 0 Å². The molecule has 0 aliphatic heterocycles. The predicted molar refractivity (Wildman–Crippen MR) is 117 cm³/mol. The maximum Gasteiger partial charge on any atom is 0.216 e. The number of fused-ring (bicyclic) bond motifs is 1. The first-order valence-electron chi connectivity index (χ1n) is 9.47. The van der Waals surface area contributed by atoms with Crippen molar-refractivity contribution in [2.24, 2.45) is 0 Å². The number of benzene rings is 1. The number of aromatic nitrogens is 3. The minimum absolute atomic E-state index is 0.118. The van der Waals surface area contributed by atoms with E-state index in [0.717, 1.165) is 28.1 Å². The summed E-state index contributed by atoms with van der Waals surface area (Å²) in [5.74, 6) is -0.366. The maximum absolute atomic E-state index is 13.1. The molecule has 4 aromatic rings. The average Bonchev–Trinajstić information content (AvgIpc) is 2.72. The summed E-state index contributed by atoms with van der Waals surface area (Å²) in [6.45, 7) is 4.26. The highest BCUT2D eigenvalue weighted by atomic mass is 16.1. The van der Waals surface area contributed by atoms with Crippen molar-refractivity contribution < 1.29 is 4.79 Å². The molecular weight excluding hydrogens is 361 g/mol. The van der Waals surface area contributed by atoms with Gasteiger partial charge in [-0.15, -0.1) is 0 Å². The molecule has 0 aliphatic rings. The highest BCUT2D eigenvalue weighted by Gasteiger charge is 2.19. The van der Waals surface area contributed by atoms with Gasteiger partial charge in [-0.1, -0.05) is 30.3 Å². The summed E-state index contributed by atoms with van der Waals surface area (Å²) in [7, 11) is 1.94. The van der Waals surface area contributed by atoms with Gasteiger partial charge in [0.1, 0.15) is 5.69 Å². The van der Waals surface area contributed by atoms with Crippen molar-refractivity contribution in [1.29, 1.82) is 0 Å². The van der Waals surface area contributed by atoms with Gasteiger partial charge in [0.25, 0.3) is 0 Å². The maximum atomic E-state index is 13.1. The Balaban J connectivity index is 1.88. The van der Waals surface area contributed by atoms with Crippen molar-refractivity contribution in [1.82, 2.24) is 14.5 Å². The molecule has 29 heavy (non-hydrogen) atoms. The highest BCUT2D eigenvalue weighted by molar-refractivity contribution is 6.30. The van der Waals surface area contributed by atoms with Gasteiger partial charge in [-0.3, -0.25) is 14.6 Å². The Labute approximate surface area is 169 Å². The first-order valence-corrected chi connectivity index (χ1v) is 9.47. The molecule has 6 heteroatoms. The van der Waals surface area contributed by atoms with Crippen LogP contribution in [-0.2, 0) is 6.54 Å². The molecule has 0 amide bonds. The summed E-state index contributed by atoms with van der Waals surface area (Å²) in [6, 6.07) is 16.7. The van der Waals surface area contributed by atoms with Crippen molar-refractivity contribution in [3.8, 4) is 0 Å². The number of hydrogen-bond acceptors (Lipinski definition) is 4. The van der Waals surface area contributed by atoms with Crippen LogP contribution in [0.1, 0.15) is 33.0 Å². The number of rotatable bonds is 4. The fraction of sp³-hybridized carbons (Fsp3) is 0.130. The number of carbonyl (C=O) groups excluding carboxylic acids is 1. The molecule has 3 aromatic heterocycles. The molecular formula is C23H20BN3O2. The van der Waals surface area contributed by atoms with E-state index in [1.54, 1.807) is 18.3 Å². The van der Waals surface area contributed by atoms with E-state index in [9.17, 15) is 9.59 Å². The smallest absolute Gasteiger partial charge is 0.216 e. The first-order chi connectivity index (χ1) is 13.9. The van der Waals surface area contributed by atoms with Crippen LogP contribution in [0, 0.1) is 13.8 Å². The van der Waals surface area contributed by atoms with E-state index in [2.05, 4.69) is 9.97 Å². The van der Waals surface area contributed by atoms with Crippen molar-refractivity contribution >= 4 is 30.1 Å². The van der Waals surface area contributed by atoms with Crippen molar-refractivity contribution in [3.63, 3.8) is 0 Å². The first kappa shape index (κ1) is 18.8. The van der Waals surface area contributed by atoms with E-state index in [1.165, 1.54) is 0 Å². The van der Waals surface area contributed by atoms with Crippen molar-refractivity contribution in [3.05, 3.63) is 99.2 Å². The largest absolute Gasteiger partial charge is 0.340 e. The van der Waals surface area contributed by atoms with Crippen molar-refractivity contribution in [2.75, 3.05) is 0 Å². The van der Waals surface area contributed by atoms with Gasteiger partial charge in [0.15, 0.2) is 7.85 Å². The van der Waals surface area contributed by atoms with Crippen LogP contribution in [0.25, 0.3) is 10.9 Å². The van der Waals surface area contributed by atoms with Crippen LogP contribution in [0.4, 0.5) is 0 Å². The zero-order valence-corrected chi connectivity index (χ0v) is 16.6. The zero-order valence-electron chi connectivity index (χ0n) is 16.6. The Morgan fingerprint density at radius 2 is 1.79 bits per heavy atom. The van der Waals surface area contributed by atoms with Gasteiger partial charge in [-0.05, 0) is 49.3 Å². The number of nitrogens with zero attached hydrogens (tertiary/aromatic N) is 3. The van der Waals surface area contributed by atoms with Crippen molar-refractivity contribution in [2.45, 2.75) is 20.4 Å². The topological polar surface area (TPSA) is 64.8 Å². The van der Waals surface area contributed by atoms with Crippen LogP contribution in [0.5, 0.6) is 0 Å². The van der Waals surface area contributed by atoms with E-state index in [-0.39, 0.29) is 22.5 Å². The highest BCUT2D eigenvalue weighted by Crippen LogP contribution is 2.16. The summed E-state index contributed by atoms with van der Waals surface area (Å²) in [6.07, 6.45) is 1.63. The molecule has 0 saturated heterocycles. The molecule has 0 unspecified atom stereocenters. The van der Waals surface area contributed by atoms with Gasteiger partial charge in [-0.2, -0.15) is 0 Å². The fourth-order valence-electron chi connectivity index (χ4n) is 3.39. The number of aryl methyl sites for hydroxylation is 2. The van der Waals surface area contributed by atoms with E-state index in [1.807, 2.05) is 68.7 Å². The molecule has 0 spiro atoms. The van der Waals surface area contributed by atoms with Crippen LogP contribution in [0.2, 0.25) is 0 Å². The lowest BCUT2D eigenvalue weighted by molar-refractivity contribution is 0.103. The SMILES string of the molecule is Bc1cccc(Cn2cc(C(=O)c3ccc(C)c(C)n3)c(=O)c3ccccc32)n1. The number of para-hydroxylation sites is 1. The molecule has 0 atom stereocenters. The molecule has 5 nitrogen and oxygen atoms in total. The second-order valence-corrected chi connectivity index (χ2v) is 7.22. The molecule has 1 aromatic carbocycles. The quantitative estimate of drug-likeness (QED) is 0.400. The third-order valence-electron chi connectivity index (χ3n) is 5.09.